The molecule has 2 aromatic rings. The Morgan fingerprint density at radius 3 is 2.74 bits per heavy atom. The number of rotatable bonds is 5. The van der Waals surface area contributed by atoms with E-state index in [0.29, 0.717) is 12.8 Å². The Hall–Kier alpha value is -1.77. The van der Waals surface area contributed by atoms with Crippen LogP contribution in [0.2, 0.25) is 0 Å². The van der Waals surface area contributed by atoms with E-state index in [0.717, 1.165) is 11.6 Å². The van der Waals surface area contributed by atoms with E-state index < -0.39 is 28.0 Å². The van der Waals surface area contributed by atoms with Crippen LogP contribution >= 0.6 is 0 Å². The second-order valence-corrected chi connectivity index (χ2v) is 7.60. The number of nitrogens with zero attached hydrogens (tertiary/aromatic N) is 2. The minimum absolute atomic E-state index is 0.0162. The van der Waals surface area contributed by atoms with Crippen molar-refractivity contribution in [1.29, 1.82) is 0 Å². The molecule has 1 aliphatic rings. The Morgan fingerprint density at radius 1 is 1.43 bits per heavy atom. The van der Waals surface area contributed by atoms with Crippen molar-refractivity contribution in [1.82, 2.24) is 14.5 Å². The van der Waals surface area contributed by atoms with E-state index in [2.05, 4.69) is 9.82 Å². The summed E-state index contributed by atoms with van der Waals surface area (Å²) in [6.07, 6.45) is 3.97. The van der Waals surface area contributed by atoms with Gasteiger partial charge >= 0.3 is 0 Å². The number of benzene rings is 1. The molecule has 1 atom stereocenters. The molecule has 1 aromatic heterocycles. The molecule has 3 rings (SSSR count). The van der Waals surface area contributed by atoms with Crippen LogP contribution < -0.4 is 4.72 Å². The van der Waals surface area contributed by atoms with Crippen molar-refractivity contribution < 1.29 is 17.9 Å². The number of nitrogens with one attached hydrogen (secondary N) is 1. The van der Waals surface area contributed by atoms with Gasteiger partial charge in [-0.25, -0.2) is 17.5 Å². The number of aryl methyl sites for hydroxylation is 1. The lowest BCUT2D eigenvalue weighted by molar-refractivity contribution is 0.0280. The number of hydrogen-bond donors (Lipinski definition) is 2. The summed E-state index contributed by atoms with van der Waals surface area (Å²) in [6, 6.07) is 4.38. The number of halogens is 1. The molecule has 0 radical (unpaired) electrons. The Morgan fingerprint density at radius 2 is 2.17 bits per heavy atom. The van der Waals surface area contributed by atoms with Gasteiger partial charge in [0.25, 0.3) is 0 Å². The van der Waals surface area contributed by atoms with Gasteiger partial charge in [0.2, 0.25) is 10.0 Å². The smallest absolute Gasteiger partial charge is 0.241 e. The molecule has 1 unspecified atom stereocenters. The van der Waals surface area contributed by atoms with Crippen LogP contribution in [-0.2, 0) is 17.1 Å². The summed E-state index contributed by atoms with van der Waals surface area (Å²) in [5.74, 6) is -0.623. The van der Waals surface area contributed by atoms with Gasteiger partial charge in [-0.3, -0.25) is 4.68 Å². The molecule has 8 heteroatoms. The van der Waals surface area contributed by atoms with Gasteiger partial charge in [0, 0.05) is 18.8 Å². The first kappa shape index (κ1) is 16.1. The zero-order valence-electron chi connectivity index (χ0n) is 12.6. The normalized spacial score (nSPS) is 22.6. The molecule has 2 N–H and O–H groups in total. The van der Waals surface area contributed by atoms with Crippen LogP contribution in [0, 0.1) is 11.7 Å². The topological polar surface area (TPSA) is 84.2 Å². The number of aliphatic hydroxyl groups is 1. The third kappa shape index (κ3) is 3.44. The molecule has 1 aromatic carbocycles. The lowest BCUT2D eigenvalue weighted by atomic mass is 9.76. The van der Waals surface area contributed by atoms with Gasteiger partial charge in [-0.15, -0.1) is 0 Å². The van der Waals surface area contributed by atoms with E-state index in [1.54, 1.807) is 24.1 Å². The van der Waals surface area contributed by atoms with Crippen LogP contribution in [0.4, 0.5) is 4.39 Å². The van der Waals surface area contributed by atoms with E-state index in [9.17, 15) is 17.9 Å². The Labute approximate surface area is 134 Å². The largest absolute Gasteiger partial charge is 0.393 e. The van der Waals surface area contributed by atoms with Gasteiger partial charge in [0.15, 0.2) is 0 Å². The maximum atomic E-state index is 13.3. The van der Waals surface area contributed by atoms with E-state index in [-0.39, 0.29) is 10.8 Å². The summed E-state index contributed by atoms with van der Waals surface area (Å²) in [4.78, 5) is -0.119. The first-order valence-electron chi connectivity index (χ1n) is 7.29. The van der Waals surface area contributed by atoms with Crippen LogP contribution in [0.5, 0.6) is 0 Å². The fraction of sp³-hybridized carbons (Fsp3) is 0.400. The molecule has 0 aliphatic heterocycles. The fourth-order valence-corrected chi connectivity index (χ4v) is 4.13. The molecule has 0 bridgehead atoms. The van der Waals surface area contributed by atoms with E-state index >= 15 is 0 Å². The standard InChI is InChI=1S/C15H18FN3O3S/c1-19-9-11(8-17-19)15(10-5-13(20)6-10)18-23(21,22)14-4-2-3-12(16)7-14/h2-4,7-10,13,15,18,20H,5-6H2,1H3. The zero-order valence-corrected chi connectivity index (χ0v) is 13.4. The number of sulfonamides is 1. The molecule has 1 saturated carbocycles. The lowest BCUT2D eigenvalue weighted by Gasteiger charge is -2.37. The first-order valence-corrected chi connectivity index (χ1v) is 8.78. The second-order valence-electron chi connectivity index (χ2n) is 5.89. The number of aromatic nitrogens is 2. The summed E-state index contributed by atoms with van der Waals surface area (Å²) in [6.45, 7) is 0. The monoisotopic (exact) mass is 339 g/mol. The van der Waals surface area contributed by atoms with Gasteiger partial charge in [0.1, 0.15) is 5.82 Å². The molecule has 0 amide bonds. The van der Waals surface area contributed by atoms with Gasteiger partial charge in [-0.1, -0.05) is 6.07 Å². The summed E-state index contributed by atoms with van der Waals surface area (Å²) < 4.78 is 42.6. The number of hydrogen-bond acceptors (Lipinski definition) is 4. The quantitative estimate of drug-likeness (QED) is 0.861. The Bertz CT molecular complexity index is 800. The summed E-state index contributed by atoms with van der Waals surface area (Å²) in [5.41, 5.74) is 0.726. The van der Waals surface area contributed by atoms with Gasteiger partial charge in [0.05, 0.1) is 23.2 Å². The van der Waals surface area contributed by atoms with Crippen LogP contribution in [0.1, 0.15) is 24.4 Å². The highest BCUT2D eigenvalue weighted by Gasteiger charge is 2.37. The maximum Gasteiger partial charge on any atom is 0.241 e. The van der Waals surface area contributed by atoms with Crippen LogP contribution in [0.15, 0.2) is 41.6 Å². The van der Waals surface area contributed by atoms with Crippen molar-refractivity contribution in [3.8, 4) is 0 Å². The fourth-order valence-electron chi connectivity index (χ4n) is 2.81. The molecule has 6 nitrogen and oxygen atoms in total. The molecule has 1 heterocycles. The van der Waals surface area contributed by atoms with Crippen LogP contribution in [-0.4, -0.2) is 29.4 Å². The Kier molecular flexibility index (Phi) is 4.22. The van der Waals surface area contributed by atoms with Crippen molar-refractivity contribution in [2.24, 2.45) is 13.0 Å². The second kappa shape index (κ2) is 6.03. The van der Waals surface area contributed by atoms with Crippen molar-refractivity contribution in [3.63, 3.8) is 0 Å². The summed E-state index contributed by atoms with van der Waals surface area (Å²) in [5, 5.41) is 13.6. The minimum Gasteiger partial charge on any atom is -0.393 e. The van der Waals surface area contributed by atoms with Crippen molar-refractivity contribution >= 4 is 10.0 Å². The summed E-state index contributed by atoms with van der Waals surface area (Å²) >= 11 is 0. The third-order valence-corrected chi connectivity index (χ3v) is 5.53. The Balaban J connectivity index is 1.89. The van der Waals surface area contributed by atoms with Crippen molar-refractivity contribution in [2.45, 2.75) is 29.9 Å². The van der Waals surface area contributed by atoms with Crippen LogP contribution in [0.3, 0.4) is 0 Å². The highest BCUT2D eigenvalue weighted by molar-refractivity contribution is 7.89. The van der Waals surface area contributed by atoms with E-state index in [4.69, 9.17) is 0 Å². The first-order chi connectivity index (χ1) is 10.8. The predicted molar refractivity (Wildman–Crippen MR) is 81.4 cm³/mol. The minimum atomic E-state index is -3.87. The van der Waals surface area contributed by atoms with Gasteiger partial charge in [-0.05, 0) is 37.0 Å². The molecular formula is C15H18FN3O3S. The van der Waals surface area contributed by atoms with Gasteiger partial charge in [-0.2, -0.15) is 5.10 Å². The van der Waals surface area contributed by atoms with Crippen LogP contribution in [0.25, 0.3) is 0 Å². The van der Waals surface area contributed by atoms with Crippen molar-refractivity contribution in [2.75, 3.05) is 0 Å². The van der Waals surface area contributed by atoms with E-state index in [1.807, 2.05) is 0 Å². The summed E-state index contributed by atoms with van der Waals surface area (Å²) in [7, 11) is -2.12. The van der Waals surface area contributed by atoms with Gasteiger partial charge < -0.3 is 5.11 Å². The average molecular weight is 339 g/mol. The molecule has 1 aliphatic carbocycles. The molecule has 23 heavy (non-hydrogen) atoms. The van der Waals surface area contributed by atoms with Crippen molar-refractivity contribution in [3.05, 3.63) is 48.0 Å². The molecule has 1 fully saturated rings. The molecule has 124 valence electrons. The molecule has 0 spiro atoms. The zero-order chi connectivity index (χ0) is 16.6. The van der Waals surface area contributed by atoms with E-state index in [1.165, 1.54) is 18.2 Å². The highest BCUT2D eigenvalue weighted by atomic mass is 32.2. The third-order valence-electron chi connectivity index (χ3n) is 4.09. The molecular weight excluding hydrogens is 321 g/mol. The predicted octanol–water partition coefficient (Wildman–Crippen LogP) is 1.35. The highest BCUT2D eigenvalue weighted by Crippen LogP contribution is 2.38. The maximum absolute atomic E-state index is 13.3. The SMILES string of the molecule is Cn1cc(C(NS(=O)(=O)c2cccc(F)c2)C2CC(O)C2)cn1. The average Bonchev–Trinajstić information content (AvgIpc) is 2.88. The lowest BCUT2D eigenvalue weighted by Crippen LogP contribution is -2.41. The number of aliphatic hydroxyl groups excluding tert-OH is 1. The molecule has 0 saturated heterocycles.